The van der Waals surface area contributed by atoms with Gasteiger partial charge in [0.15, 0.2) is 0 Å². The van der Waals surface area contributed by atoms with Gasteiger partial charge in [-0.15, -0.1) is 0 Å². The third kappa shape index (κ3) is 2.58. The van der Waals surface area contributed by atoms with Gasteiger partial charge in [0.1, 0.15) is 6.04 Å². The Morgan fingerprint density at radius 1 is 1.44 bits per heavy atom. The molecule has 2 aliphatic rings. The van der Waals surface area contributed by atoms with Crippen molar-refractivity contribution in [2.75, 3.05) is 6.54 Å². The lowest BCUT2D eigenvalue weighted by Gasteiger charge is -2.28. The molecular weight excluding hydrogens is 252 g/mol. The maximum Gasteiger partial charge on any atom is 0.405 e. The number of carbonyl (C=O) groups excluding carboxylic acids is 1. The zero-order valence-electron chi connectivity index (χ0n) is 10.7. The number of likely N-dealkylation sites (tertiary alicyclic amines) is 1. The van der Waals surface area contributed by atoms with Crippen LogP contribution in [-0.2, 0) is 4.79 Å². The predicted octanol–water partition coefficient (Wildman–Crippen LogP) is 1.55. The van der Waals surface area contributed by atoms with Gasteiger partial charge in [0, 0.05) is 6.54 Å². The minimum atomic E-state index is -1.15. The molecule has 0 bridgehead atoms. The van der Waals surface area contributed by atoms with Crippen LogP contribution in [0, 0.1) is 11.3 Å². The first kappa shape index (κ1) is 13.5. The third-order valence-corrected chi connectivity index (χ3v) is 4.39. The van der Waals surface area contributed by atoms with Crippen LogP contribution in [0.2, 0.25) is 0 Å². The van der Waals surface area contributed by atoms with E-state index >= 15 is 0 Å². The molecule has 102 valence electrons. The number of hydrogen-bond donors (Lipinski definition) is 3. The smallest absolute Gasteiger partial charge is 0.405 e. The molecule has 1 aliphatic carbocycles. The molecule has 5 nitrogen and oxygen atoms in total. The van der Waals surface area contributed by atoms with Crippen LogP contribution < -0.4 is 5.32 Å². The fraction of sp³-hybridized carbons (Fsp3) is 0.833. The summed E-state index contributed by atoms with van der Waals surface area (Å²) in [7, 11) is 0. The molecule has 6 heteroatoms. The van der Waals surface area contributed by atoms with E-state index in [1.165, 1.54) is 0 Å². The second kappa shape index (κ2) is 4.64. The first-order valence-electron chi connectivity index (χ1n) is 6.33. The minimum Gasteiger partial charge on any atom is -0.465 e. The molecule has 2 unspecified atom stereocenters. The zero-order valence-corrected chi connectivity index (χ0v) is 11.6. The minimum absolute atomic E-state index is 0.0649. The van der Waals surface area contributed by atoms with Gasteiger partial charge >= 0.3 is 6.09 Å². The van der Waals surface area contributed by atoms with E-state index in [1.54, 1.807) is 4.90 Å². The lowest BCUT2D eigenvalue weighted by atomic mass is 10.0. The van der Waals surface area contributed by atoms with E-state index in [9.17, 15) is 9.59 Å². The number of carbonyl (C=O) groups is 2. The topological polar surface area (TPSA) is 69.6 Å². The van der Waals surface area contributed by atoms with Gasteiger partial charge in [0.2, 0.25) is 5.91 Å². The molecule has 2 atom stereocenters. The third-order valence-electron chi connectivity index (χ3n) is 3.93. The largest absolute Gasteiger partial charge is 0.465 e. The van der Waals surface area contributed by atoms with Crippen molar-refractivity contribution in [3.8, 4) is 0 Å². The average Bonchev–Trinajstić information content (AvgIpc) is 2.91. The number of nitrogens with zero attached hydrogens (tertiary/aromatic N) is 1. The second-order valence-corrected chi connectivity index (χ2v) is 6.42. The molecular formula is C12H20N2O3S. The molecule has 0 aromatic rings. The summed E-state index contributed by atoms with van der Waals surface area (Å²) < 4.78 is 0. The van der Waals surface area contributed by atoms with E-state index in [-0.39, 0.29) is 22.6 Å². The number of thiol groups is 1. The highest BCUT2D eigenvalue weighted by molar-refractivity contribution is 7.80. The van der Waals surface area contributed by atoms with Crippen molar-refractivity contribution in [2.45, 2.75) is 44.5 Å². The van der Waals surface area contributed by atoms with Gasteiger partial charge in [-0.25, -0.2) is 4.79 Å². The molecule has 2 amide bonds. The van der Waals surface area contributed by atoms with E-state index in [1.807, 2.05) is 13.8 Å². The molecule has 0 aromatic carbocycles. The van der Waals surface area contributed by atoms with Crippen LogP contribution in [0.5, 0.6) is 0 Å². The summed E-state index contributed by atoms with van der Waals surface area (Å²) >= 11 is 4.46. The Kier molecular flexibility index (Phi) is 3.49. The van der Waals surface area contributed by atoms with Crippen molar-refractivity contribution in [1.29, 1.82) is 0 Å². The molecule has 1 aliphatic heterocycles. The maximum absolute atomic E-state index is 12.4. The summed E-state index contributed by atoms with van der Waals surface area (Å²) in [4.78, 5) is 24.9. The molecule has 2 fully saturated rings. The standard InChI is InChI=1S/C12H20N2O3S/c1-7(2)9(13-11(16)17)10(15)14-6-12(3-4-12)5-8(14)18/h7-9,13,18H,3-6H2,1-2H3,(H,16,17). The van der Waals surface area contributed by atoms with Crippen LogP contribution in [-0.4, -0.2) is 40.0 Å². The molecule has 1 saturated heterocycles. The lowest BCUT2D eigenvalue weighted by Crippen LogP contribution is -2.51. The number of nitrogens with one attached hydrogen (secondary N) is 1. The predicted molar refractivity (Wildman–Crippen MR) is 70.6 cm³/mol. The quantitative estimate of drug-likeness (QED) is 0.683. The van der Waals surface area contributed by atoms with Gasteiger partial charge in [-0.1, -0.05) is 13.8 Å². The van der Waals surface area contributed by atoms with Crippen LogP contribution in [0.15, 0.2) is 0 Å². The number of amides is 2. The maximum atomic E-state index is 12.4. The van der Waals surface area contributed by atoms with Gasteiger partial charge in [-0.05, 0) is 30.6 Å². The molecule has 1 spiro atoms. The molecule has 0 aromatic heterocycles. The first-order chi connectivity index (χ1) is 8.34. The van der Waals surface area contributed by atoms with Crippen LogP contribution in [0.4, 0.5) is 4.79 Å². The van der Waals surface area contributed by atoms with Crippen LogP contribution in [0.25, 0.3) is 0 Å². The highest BCUT2D eigenvalue weighted by atomic mass is 32.1. The normalized spacial score (nSPS) is 26.4. The molecule has 2 rings (SSSR count). The Labute approximate surface area is 112 Å². The van der Waals surface area contributed by atoms with Gasteiger partial charge in [-0.3, -0.25) is 4.79 Å². The molecule has 2 N–H and O–H groups in total. The zero-order chi connectivity index (χ0) is 13.5. The fourth-order valence-electron chi connectivity index (χ4n) is 2.62. The monoisotopic (exact) mass is 272 g/mol. The van der Waals surface area contributed by atoms with Crippen molar-refractivity contribution < 1.29 is 14.7 Å². The SMILES string of the molecule is CC(C)C(NC(=O)O)C(=O)N1CC2(CC2)CC1S. The Morgan fingerprint density at radius 3 is 2.44 bits per heavy atom. The summed E-state index contributed by atoms with van der Waals surface area (Å²) in [6, 6.07) is -0.675. The van der Waals surface area contributed by atoms with Crippen molar-refractivity contribution in [3.63, 3.8) is 0 Å². The van der Waals surface area contributed by atoms with Crippen molar-refractivity contribution in [1.82, 2.24) is 10.2 Å². The van der Waals surface area contributed by atoms with E-state index in [0.717, 1.165) is 25.8 Å². The van der Waals surface area contributed by atoms with E-state index < -0.39 is 12.1 Å². The van der Waals surface area contributed by atoms with Gasteiger partial charge in [0.25, 0.3) is 0 Å². The number of hydrogen-bond acceptors (Lipinski definition) is 3. The summed E-state index contributed by atoms with van der Waals surface area (Å²) in [5, 5.41) is 11.0. The summed E-state index contributed by atoms with van der Waals surface area (Å²) in [6.07, 6.45) is 2.09. The Hall–Kier alpha value is -0.910. The van der Waals surface area contributed by atoms with Gasteiger partial charge < -0.3 is 15.3 Å². The summed E-state index contributed by atoms with van der Waals surface area (Å²) in [5.74, 6) is -0.207. The molecule has 1 saturated carbocycles. The van der Waals surface area contributed by atoms with Crippen LogP contribution >= 0.6 is 12.6 Å². The Morgan fingerprint density at radius 2 is 2.06 bits per heavy atom. The Bertz CT molecular complexity index is 368. The molecule has 1 heterocycles. The van der Waals surface area contributed by atoms with E-state index in [4.69, 9.17) is 5.11 Å². The molecule has 0 radical (unpaired) electrons. The number of rotatable bonds is 3. The van der Waals surface area contributed by atoms with Crippen molar-refractivity contribution in [2.24, 2.45) is 11.3 Å². The molecule has 18 heavy (non-hydrogen) atoms. The van der Waals surface area contributed by atoms with Gasteiger partial charge in [-0.2, -0.15) is 12.6 Å². The lowest BCUT2D eigenvalue weighted by molar-refractivity contribution is -0.134. The van der Waals surface area contributed by atoms with Crippen molar-refractivity contribution >= 4 is 24.6 Å². The highest BCUT2D eigenvalue weighted by Crippen LogP contribution is 2.55. The Balaban J connectivity index is 2.06. The van der Waals surface area contributed by atoms with Gasteiger partial charge in [0.05, 0.1) is 5.37 Å². The van der Waals surface area contributed by atoms with Crippen LogP contribution in [0.3, 0.4) is 0 Å². The fourth-order valence-corrected chi connectivity index (χ4v) is 3.20. The highest BCUT2D eigenvalue weighted by Gasteiger charge is 2.53. The van der Waals surface area contributed by atoms with E-state index in [2.05, 4.69) is 17.9 Å². The second-order valence-electron chi connectivity index (χ2n) is 5.82. The van der Waals surface area contributed by atoms with E-state index in [0.29, 0.717) is 0 Å². The first-order valence-corrected chi connectivity index (χ1v) is 6.84. The van der Waals surface area contributed by atoms with Crippen LogP contribution in [0.1, 0.15) is 33.1 Å². The summed E-state index contributed by atoms with van der Waals surface area (Å²) in [6.45, 7) is 4.41. The number of carboxylic acid groups (broad SMARTS) is 1. The van der Waals surface area contributed by atoms with Crippen molar-refractivity contribution in [3.05, 3.63) is 0 Å². The average molecular weight is 272 g/mol. The summed E-state index contributed by atoms with van der Waals surface area (Å²) in [5.41, 5.74) is 0.285.